The van der Waals surface area contributed by atoms with Crippen molar-refractivity contribution in [1.29, 1.82) is 0 Å². The van der Waals surface area contributed by atoms with Crippen molar-refractivity contribution in [2.45, 2.75) is 51.9 Å². The van der Waals surface area contributed by atoms with E-state index in [1.54, 1.807) is 0 Å². The fourth-order valence-corrected chi connectivity index (χ4v) is 4.43. The van der Waals surface area contributed by atoms with Gasteiger partial charge in [-0.05, 0) is 59.9 Å². The van der Waals surface area contributed by atoms with E-state index in [0.717, 1.165) is 33.4 Å². The van der Waals surface area contributed by atoms with Crippen LogP contribution in [0.5, 0.6) is 0 Å². The molecule has 1 heterocycles. The molecule has 1 aliphatic heterocycles. The number of fused-ring (bicyclic) bond motifs is 1. The van der Waals surface area contributed by atoms with Crippen LogP contribution >= 0.6 is 15.9 Å². The molecule has 0 aromatic heterocycles. The van der Waals surface area contributed by atoms with Crippen molar-refractivity contribution >= 4 is 38.9 Å². The molecule has 0 unspecified atom stereocenters. The second-order valence-corrected chi connectivity index (χ2v) is 9.28. The van der Waals surface area contributed by atoms with Crippen LogP contribution in [0.25, 0.3) is 11.1 Å². The Morgan fingerprint density at radius 2 is 1.47 bits per heavy atom. The van der Waals surface area contributed by atoms with Crippen LogP contribution in [0.3, 0.4) is 0 Å². The predicted octanol–water partition coefficient (Wildman–Crippen LogP) is 8.09. The largest absolute Gasteiger partial charge is 0.320 e. The Morgan fingerprint density at radius 3 is 2.19 bits per heavy atom. The summed E-state index contributed by atoms with van der Waals surface area (Å²) in [5, 5.41) is 2.87. The summed E-state index contributed by atoms with van der Waals surface area (Å²) in [6, 6.07) is 22.7. The normalized spacial score (nSPS) is 13.9. The number of nitrogens with zero attached hydrogens (tertiary/aromatic N) is 1. The fourth-order valence-electron chi connectivity index (χ4n) is 4.07. The number of aliphatic imine (C=N–C) groups is 1. The van der Waals surface area contributed by atoms with Crippen molar-refractivity contribution in [2.75, 3.05) is 5.32 Å². The highest BCUT2D eigenvalue weighted by Crippen LogP contribution is 2.29. The minimum absolute atomic E-state index is 0.164. The smallest absolute Gasteiger partial charge is 0.275 e. The molecule has 0 saturated carbocycles. The zero-order valence-electron chi connectivity index (χ0n) is 18.5. The van der Waals surface area contributed by atoms with Crippen molar-refractivity contribution in [3.63, 3.8) is 0 Å². The highest BCUT2D eigenvalue weighted by molar-refractivity contribution is 9.10. The Hall–Kier alpha value is -2.72. The molecule has 0 atom stereocenters. The lowest BCUT2D eigenvalue weighted by atomic mass is 10.0. The molecule has 4 heteroatoms. The van der Waals surface area contributed by atoms with Gasteiger partial charge in [0.25, 0.3) is 5.91 Å². The topological polar surface area (TPSA) is 41.5 Å². The molecule has 0 fully saturated rings. The van der Waals surface area contributed by atoms with Gasteiger partial charge in [-0.3, -0.25) is 4.79 Å². The Bertz CT molecular complexity index is 1100. The van der Waals surface area contributed by atoms with Gasteiger partial charge in [-0.1, -0.05) is 91.4 Å². The number of amides is 1. The monoisotopic (exact) mass is 488 g/mol. The quantitative estimate of drug-likeness (QED) is 0.303. The van der Waals surface area contributed by atoms with Crippen molar-refractivity contribution in [2.24, 2.45) is 4.99 Å². The van der Waals surface area contributed by atoms with Crippen molar-refractivity contribution in [3.05, 3.63) is 82.3 Å². The molecule has 3 aromatic rings. The number of rotatable bonds is 9. The van der Waals surface area contributed by atoms with E-state index >= 15 is 0 Å². The number of benzene rings is 3. The van der Waals surface area contributed by atoms with E-state index in [4.69, 9.17) is 0 Å². The van der Waals surface area contributed by atoms with E-state index in [1.807, 2.05) is 30.3 Å². The zero-order valence-corrected chi connectivity index (χ0v) is 20.1. The first kappa shape index (κ1) is 22.5. The van der Waals surface area contributed by atoms with E-state index in [9.17, 15) is 4.79 Å². The van der Waals surface area contributed by atoms with Gasteiger partial charge in [0.15, 0.2) is 0 Å². The Kier molecular flexibility index (Phi) is 7.54. The van der Waals surface area contributed by atoms with Crippen molar-refractivity contribution < 1.29 is 4.79 Å². The van der Waals surface area contributed by atoms with Crippen LogP contribution in [0.15, 0.2) is 76.2 Å². The summed E-state index contributed by atoms with van der Waals surface area (Å²) in [7, 11) is 0. The average molecular weight is 489 g/mol. The molecule has 32 heavy (non-hydrogen) atoms. The number of hydrogen-bond acceptors (Lipinski definition) is 2. The predicted molar refractivity (Wildman–Crippen MR) is 138 cm³/mol. The summed E-state index contributed by atoms with van der Waals surface area (Å²) in [5.74, 6) is -0.164. The van der Waals surface area contributed by atoms with Crippen LogP contribution in [-0.2, 0) is 11.2 Å². The summed E-state index contributed by atoms with van der Waals surface area (Å²) in [5.41, 5.74) is 6.61. The third-order valence-electron chi connectivity index (χ3n) is 5.91. The van der Waals surface area contributed by atoms with Gasteiger partial charge in [0.1, 0.15) is 5.71 Å². The molecule has 3 nitrogen and oxygen atoms in total. The molecule has 0 bridgehead atoms. The van der Waals surface area contributed by atoms with Crippen LogP contribution in [0.2, 0.25) is 0 Å². The molecule has 0 spiro atoms. The highest BCUT2D eigenvalue weighted by atomic mass is 79.9. The average Bonchev–Trinajstić information content (AvgIpc) is 3.11. The van der Waals surface area contributed by atoms with Crippen LogP contribution in [0.4, 0.5) is 11.4 Å². The number of aryl methyl sites for hydroxylation is 1. The maximum absolute atomic E-state index is 12.4. The van der Waals surface area contributed by atoms with E-state index < -0.39 is 0 Å². The summed E-state index contributed by atoms with van der Waals surface area (Å²) in [6.07, 6.45) is 9.13. The lowest BCUT2D eigenvalue weighted by Gasteiger charge is -2.06. The van der Waals surface area contributed by atoms with E-state index in [2.05, 4.69) is 69.6 Å². The van der Waals surface area contributed by atoms with Crippen LogP contribution < -0.4 is 5.32 Å². The molecule has 164 valence electrons. The third-order valence-corrected chi connectivity index (χ3v) is 6.41. The molecule has 1 N–H and O–H groups in total. The molecule has 1 amide bonds. The minimum Gasteiger partial charge on any atom is -0.320 e. The standard InChI is InChI=1S/C28H29BrN2O/c1-2-3-4-5-6-7-8-20-9-11-21(12-10-20)22-13-16-24(17-14-22)30-27-25-19-23(29)15-18-26(25)31-28(27)32/h9-19H,2-8H2,1H3,(H,30,31,32). The Balaban J connectivity index is 1.40. The maximum atomic E-state index is 12.4. The van der Waals surface area contributed by atoms with E-state index in [1.165, 1.54) is 49.7 Å². The molecule has 0 saturated heterocycles. The minimum atomic E-state index is -0.164. The van der Waals surface area contributed by atoms with Crippen LogP contribution in [-0.4, -0.2) is 11.6 Å². The first-order valence-corrected chi connectivity index (χ1v) is 12.3. The van der Waals surface area contributed by atoms with Gasteiger partial charge in [0.2, 0.25) is 0 Å². The lowest BCUT2D eigenvalue weighted by molar-refractivity contribution is -0.110. The lowest BCUT2D eigenvalue weighted by Crippen LogP contribution is -2.13. The van der Waals surface area contributed by atoms with Gasteiger partial charge in [-0.15, -0.1) is 0 Å². The molecule has 0 radical (unpaired) electrons. The van der Waals surface area contributed by atoms with Gasteiger partial charge in [0.05, 0.1) is 11.4 Å². The van der Waals surface area contributed by atoms with Gasteiger partial charge in [-0.2, -0.15) is 0 Å². The van der Waals surface area contributed by atoms with Crippen molar-refractivity contribution in [1.82, 2.24) is 0 Å². The second-order valence-electron chi connectivity index (χ2n) is 8.37. The number of anilines is 1. The summed E-state index contributed by atoms with van der Waals surface area (Å²) in [6.45, 7) is 2.26. The zero-order chi connectivity index (χ0) is 22.3. The first-order valence-electron chi connectivity index (χ1n) is 11.5. The fraction of sp³-hybridized carbons (Fsp3) is 0.286. The third kappa shape index (κ3) is 5.55. The summed E-state index contributed by atoms with van der Waals surface area (Å²) in [4.78, 5) is 17.0. The van der Waals surface area contributed by atoms with Crippen LogP contribution in [0, 0.1) is 0 Å². The van der Waals surface area contributed by atoms with E-state index in [-0.39, 0.29) is 5.91 Å². The van der Waals surface area contributed by atoms with Crippen LogP contribution in [0.1, 0.15) is 56.6 Å². The number of hydrogen-bond donors (Lipinski definition) is 1. The molecule has 0 aliphatic carbocycles. The molecular weight excluding hydrogens is 460 g/mol. The Labute approximate surface area is 199 Å². The molecule has 3 aromatic carbocycles. The van der Waals surface area contributed by atoms with Crippen molar-refractivity contribution in [3.8, 4) is 11.1 Å². The number of carbonyl (C=O) groups excluding carboxylic acids is 1. The summed E-state index contributed by atoms with van der Waals surface area (Å²) >= 11 is 3.47. The van der Waals surface area contributed by atoms with Gasteiger partial charge >= 0.3 is 0 Å². The van der Waals surface area contributed by atoms with Gasteiger partial charge in [-0.25, -0.2) is 4.99 Å². The van der Waals surface area contributed by atoms with Gasteiger partial charge in [0, 0.05) is 10.0 Å². The SMILES string of the molecule is CCCCCCCCc1ccc(-c2ccc(N=C3C(=O)Nc4ccc(Br)cc43)cc2)cc1. The number of nitrogens with one attached hydrogen (secondary N) is 1. The molecular formula is C28H29BrN2O. The number of unbranched alkanes of at least 4 members (excludes halogenated alkanes) is 5. The summed E-state index contributed by atoms with van der Waals surface area (Å²) < 4.78 is 0.927. The Morgan fingerprint density at radius 1 is 0.812 bits per heavy atom. The number of halogens is 1. The molecule has 4 rings (SSSR count). The van der Waals surface area contributed by atoms with E-state index in [0.29, 0.717) is 5.71 Å². The number of carbonyl (C=O) groups is 1. The highest BCUT2D eigenvalue weighted by Gasteiger charge is 2.26. The second kappa shape index (κ2) is 10.7. The molecule has 1 aliphatic rings. The maximum Gasteiger partial charge on any atom is 0.275 e. The van der Waals surface area contributed by atoms with Gasteiger partial charge < -0.3 is 5.32 Å². The first-order chi connectivity index (χ1) is 15.6.